The SMILES string of the molecule is CNC[C@H]1CCCN(C(=O)[C@H](C)Oc2ccc(F)cc2Br)C1. The standard InChI is InChI=1S/C16H22BrFN2O2/c1-11(22-15-6-5-13(18)8-14(15)17)16(21)20-7-3-4-12(10-20)9-19-2/h5-6,8,11-12,19H,3-4,7,9-10H2,1-2H3/t11-,12+/m0/s1. The van der Waals surface area contributed by atoms with Crippen molar-refractivity contribution in [3.63, 3.8) is 0 Å². The Hall–Kier alpha value is -1.14. The first-order chi connectivity index (χ1) is 10.5. The number of amides is 1. The molecule has 0 saturated carbocycles. The highest BCUT2D eigenvalue weighted by Crippen LogP contribution is 2.27. The first kappa shape index (κ1) is 17.2. The van der Waals surface area contributed by atoms with Gasteiger partial charge in [-0.1, -0.05) is 0 Å². The molecule has 1 fully saturated rings. The summed E-state index contributed by atoms with van der Waals surface area (Å²) in [6, 6.07) is 4.18. The van der Waals surface area contributed by atoms with Crippen LogP contribution in [0.2, 0.25) is 0 Å². The van der Waals surface area contributed by atoms with E-state index >= 15 is 0 Å². The van der Waals surface area contributed by atoms with Gasteiger partial charge in [-0.15, -0.1) is 0 Å². The van der Waals surface area contributed by atoms with Crippen LogP contribution in [0.15, 0.2) is 22.7 Å². The molecule has 1 aromatic rings. The number of piperidine rings is 1. The second-order valence-corrected chi connectivity index (χ2v) is 6.54. The van der Waals surface area contributed by atoms with Crippen LogP contribution in [0, 0.1) is 11.7 Å². The number of nitrogens with one attached hydrogen (secondary N) is 1. The molecule has 0 unspecified atom stereocenters. The molecule has 0 radical (unpaired) electrons. The number of ether oxygens (including phenoxy) is 1. The molecular weight excluding hydrogens is 351 g/mol. The topological polar surface area (TPSA) is 41.6 Å². The Morgan fingerprint density at radius 1 is 1.59 bits per heavy atom. The van der Waals surface area contributed by atoms with E-state index in [0.717, 1.165) is 32.5 Å². The third-order valence-corrected chi connectivity index (χ3v) is 4.49. The van der Waals surface area contributed by atoms with Gasteiger partial charge in [0, 0.05) is 13.1 Å². The third-order valence-electron chi connectivity index (χ3n) is 3.87. The van der Waals surface area contributed by atoms with Gasteiger partial charge < -0.3 is 15.0 Å². The lowest BCUT2D eigenvalue weighted by atomic mass is 9.97. The molecule has 6 heteroatoms. The molecule has 1 heterocycles. The summed E-state index contributed by atoms with van der Waals surface area (Å²) >= 11 is 3.25. The van der Waals surface area contributed by atoms with Crippen molar-refractivity contribution in [3.05, 3.63) is 28.5 Å². The minimum Gasteiger partial charge on any atom is -0.480 e. The monoisotopic (exact) mass is 372 g/mol. The Morgan fingerprint density at radius 2 is 2.36 bits per heavy atom. The predicted octanol–water partition coefficient (Wildman–Crippen LogP) is 2.81. The Kier molecular flexibility index (Phi) is 6.20. The predicted molar refractivity (Wildman–Crippen MR) is 87.4 cm³/mol. The molecule has 2 atom stereocenters. The fourth-order valence-electron chi connectivity index (χ4n) is 2.79. The van der Waals surface area contributed by atoms with E-state index in [1.807, 2.05) is 11.9 Å². The summed E-state index contributed by atoms with van der Waals surface area (Å²) in [5.41, 5.74) is 0. The molecular formula is C16H22BrFN2O2. The first-order valence-corrected chi connectivity index (χ1v) is 8.35. The fourth-order valence-corrected chi connectivity index (χ4v) is 3.23. The van der Waals surface area contributed by atoms with Gasteiger partial charge in [0.2, 0.25) is 0 Å². The van der Waals surface area contributed by atoms with Crippen molar-refractivity contribution in [2.24, 2.45) is 5.92 Å². The van der Waals surface area contributed by atoms with Crippen molar-refractivity contribution in [2.75, 3.05) is 26.7 Å². The molecule has 1 amide bonds. The van der Waals surface area contributed by atoms with Crippen molar-refractivity contribution >= 4 is 21.8 Å². The number of hydrogen-bond acceptors (Lipinski definition) is 3. The molecule has 1 aliphatic rings. The van der Waals surface area contributed by atoms with Gasteiger partial charge in [-0.3, -0.25) is 4.79 Å². The van der Waals surface area contributed by atoms with Crippen LogP contribution in [0.3, 0.4) is 0 Å². The van der Waals surface area contributed by atoms with E-state index in [-0.39, 0.29) is 11.7 Å². The second-order valence-electron chi connectivity index (χ2n) is 5.69. The van der Waals surface area contributed by atoms with Crippen LogP contribution in [0.1, 0.15) is 19.8 Å². The summed E-state index contributed by atoms with van der Waals surface area (Å²) in [6.07, 6.45) is 1.57. The van der Waals surface area contributed by atoms with Crippen LogP contribution in [0.4, 0.5) is 4.39 Å². The number of hydrogen-bond donors (Lipinski definition) is 1. The van der Waals surface area contributed by atoms with Gasteiger partial charge in [-0.2, -0.15) is 0 Å². The molecule has 2 rings (SSSR count). The molecule has 0 spiro atoms. The molecule has 22 heavy (non-hydrogen) atoms. The van der Waals surface area contributed by atoms with Crippen LogP contribution >= 0.6 is 15.9 Å². The minimum atomic E-state index is -0.588. The van der Waals surface area contributed by atoms with E-state index < -0.39 is 6.10 Å². The molecule has 1 N–H and O–H groups in total. The summed E-state index contributed by atoms with van der Waals surface area (Å²) in [6.45, 7) is 4.19. The summed E-state index contributed by atoms with van der Waals surface area (Å²) in [7, 11) is 1.93. The lowest BCUT2D eigenvalue weighted by Crippen LogP contribution is -2.47. The zero-order chi connectivity index (χ0) is 16.1. The Morgan fingerprint density at radius 3 is 3.05 bits per heavy atom. The highest BCUT2D eigenvalue weighted by molar-refractivity contribution is 9.10. The molecule has 122 valence electrons. The van der Waals surface area contributed by atoms with Gasteiger partial charge >= 0.3 is 0 Å². The quantitative estimate of drug-likeness (QED) is 0.863. The van der Waals surface area contributed by atoms with Crippen LogP contribution in [0.25, 0.3) is 0 Å². The van der Waals surface area contributed by atoms with Crippen LogP contribution < -0.4 is 10.1 Å². The third kappa shape index (κ3) is 4.43. The molecule has 1 aliphatic heterocycles. The van der Waals surface area contributed by atoms with E-state index in [1.54, 1.807) is 6.92 Å². The largest absolute Gasteiger partial charge is 0.480 e. The van der Waals surface area contributed by atoms with E-state index in [4.69, 9.17) is 4.74 Å². The molecule has 0 bridgehead atoms. The number of carbonyl (C=O) groups is 1. The molecule has 1 aromatic carbocycles. The average Bonchev–Trinajstić information content (AvgIpc) is 2.50. The minimum absolute atomic E-state index is 0.0166. The summed E-state index contributed by atoms with van der Waals surface area (Å²) in [5.74, 6) is 0.611. The number of nitrogens with zero attached hydrogens (tertiary/aromatic N) is 1. The number of benzene rings is 1. The highest BCUT2D eigenvalue weighted by atomic mass is 79.9. The first-order valence-electron chi connectivity index (χ1n) is 7.56. The van der Waals surface area contributed by atoms with E-state index in [2.05, 4.69) is 21.2 Å². The maximum atomic E-state index is 13.1. The summed E-state index contributed by atoms with van der Waals surface area (Å²) in [5, 5.41) is 3.17. The zero-order valence-electron chi connectivity index (χ0n) is 12.9. The Bertz CT molecular complexity index is 525. The van der Waals surface area contributed by atoms with Crippen molar-refractivity contribution in [3.8, 4) is 5.75 Å². The summed E-state index contributed by atoms with van der Waals surface area (Å²) in [4.78, 5) is 14.4. The second kappa shape index (κ2) is 7.92. The van der Waals surface area contributed by atoms with E-state index in [9.17, 15) is 9.18 Å². The Labute approximate surface area is 139 Å². The van der Waals surface area contributed by atoms with Crippen molar-refractivity contribution in [2.45, 2.75) is 25.9 Å². The maximum Gasteiger partial charge on any atom is 0.263 e. The molecule has 4 nitrogen and oxygen atoms in total. The van der Waals surface area contributed by atoms with Crippen molar-refractivity contribution in [1.29, 1.82) is 0 Å². The lowest BCUT2D eigenvalue weighted by Gasteiger charge is -2.34. The number of carbonyl (C=O) groups excluding carboxylic acids is 1. The number of rotatable bonds is 5. The Balaban J connectivity index is 1.96. The average molecular weight is 373 g/mol. The lowest BCUT2D eigenvalue weighted by molar-refractivity contribution is -0.139. The van der Waals surface area contributed by atoms with Gasteiger partial charge in [0.05, 0.1) is 4.47 Å². The van der Waals surface area contributed by atoms with Gasteiger partial charge in [-0.25, -0.2) is 4.39 Å². The fraction of sp³-hybridized carbons (Fsp3) is 0.562. The van der Waals surface area contributed by atoms with Crippen molar-refractivity contribution in [1.82, 2.24) is 10.2 Å². The van der Waals surface area contributed by atoms with Gasteiger partial charge in [0.25, 0.3) is 5.91 Å². The van der Waals surface area contributed by atoms with Crippen LogP contribution in [-0.4, -0.2) is 43.6 Å². The zero-order valence-corrected chi connectivity index (χ0v) is 14.5. The van der Waals surface area contributed by atoms with E-state index in [0.29, 0.717) is 16.1 Å². The summed E-state index contributed by atoms with van der Waals surface area (Å²) < 4.78 is 19.3. The normalized spacial score (nSPS) is 19.8. The van der Waals surface area contributed by atoms with E-state index in [1.165, 1.54) is 18.2 Å². The van der Waals surface area contributed by atoms with Crippen LogP contribution in [0.5, 0.6) is 5.75 Å². The smallest absolute Gasteiger partial charge is 0.263 e. The molecule has 0 aromatic heterocycles. The number of halogens is 2. The molecule has 1 saturated heterocycles. The van der Waals surface area contributed by atoms with Gasteiger partial charge in [-0.05, 0) is 73.4 Å². The van der Waals surface area contributed by atoms with Crippen LogP contribution in [-0.2, 0) is 4.79 Å². The maximum absolute atomic E-state index is 13.1. The van der Waals surface area contributed by atoms with Gasteiger partial charge in [0.15, 0.2) is 6.10 Å². The molecule has 0 aliphatic carbocycles. The highest BCUT2D eigenvalue weighted by Gasteiger charge is 2.27. The number of likely N-dealkylation sites (tertiary alicyclic amines) is 1. The van der Waals surface area contributed by atoms with Crippen molar-refractivity contribution < 1.29 is 13.9 Å². The van der Waals surface area contributed by atoms with Gasteiger partial charge in [0.1, 0.15) is 11.6 Å².